The molecule has 0 radical (unpaired) electrons. The fraction of sp³-hybridized carbons (Fsp3) is 0.682. The van der Waals surface area contributed by atoms with Crippen molar-refractivity contribution in [1.29, 1.82) is 0 Å². The highest BCUT2D eigenvalue weighted by Crippen LogP contribution is 2.40. The summed E-state index contributed by atoms with van der Waals surface area (Å²) in [6.07, 6.45) is 5.59. The first-order valence-corrected chi connectivity index (χ1v) is 12.0. The Morgan fingerprint density at radius 3 is 2.07 bits per heavy atom. The van der Waals surface area contributed by atoms with Gasteiger partial charge in [0.1, 0.15) is 0 Å². The summed E-state index contributed by atoms with van der Waals surface area (Å²) in [6, 6.07) is 8.36. The van der Waals surface area contributed by atoms with Crippen LogP contribution in [0.1, 0.15) is 59.3 Å². The van der Waals surface area contributed by atoms with Gasteiger partial charge in [-0.15, -0.1) is 0 Å². The van der Waals surface area contributed by atoms with E-state index in [1.807, 2.05) is 4.90 Å². The van der Waals surface area contributed by atoms with Gasteiger partial charge in [0, 0.05) is 25.0 Å². The van der Waals surface area contributed by atoms with Crippen LogP contribution in [-0.2, 0) is 14.8 Å². The molecular formula is C22H34N2O3S. The number of rotatable bonds is 4. The first kappa shape index (κ1) is 21.3. The zero-order chi connectivity index (χ0) is 20.4. The van der Waals surface area contributed by atoms with Crippen LogP contribution in [0.25, 0.3) is 0 Å². The van der Waals surface area contributed by atoms with E-state index in [1.165, 1.54) is 0 Å². The van der Waals surface area contributed by atoms with E-state index in [-0.39, 0.29) is 17.9 Å². The molecule has 156 valence electrons. The Balaban J connectivity index is 1.48. The number of nitrogens with zero attached hydrogens (tertiary/aromatic N) is 1. The first-order valence-electron chi connectivity index (χ1n) is 10.5. The Morgan fingerprint density at radius 1 is 0.964 bits per heavy atom. The van der Waals surface area contributed by atoms with Crippen molar-refractivity contribution in [2.45, 2.75) is 70.2 Å². The number of likely N-dealkylation sites (tertiary alicyclic amines) is 1. The summed E-state index contributed by atoms with van der Waals surface area (Å²) in [7, 11) is -3.49. The third-order valence-corrected chi connectivity index (χ3v) is 8.02. The molecule has 1 heterocycles. The lowest BCUT2D eigenvalue weighted by Gasteiger charge is -2.39. The molecule has 0 atom stereocenters. The van der Waals surface area contributed by atoms with Gasteiger partial charge < -0.3 is 4.90 Å². The second-order valence-corrected chi connectivity index (χ2v) is 11.2. The highest BCUT2D eigenvalue weighted by molar-refractivity contribution is 7.89. The van der Waals surface area contributed by atoms with Gasteiger partial charge in [-0.1, -0.05) is 39.0 Å². The molecule has 5 nitrogen and oxygen atoms in total. The summed E-state index contributed by atoms with van der Waals surface area (Å²) in [4.78, 5) is 15.2. The van der Waals surface area contributed by atoms with Crippen molar-refractivity contribution in [3.63, 3.8) is 0 Å². The second-order valence-electron chi connectivity index (χ2n) is 9.45. The molecule has 1 saturated heterocycles. The molecule has 0 unspecified atom stereocenters. The fourth-order valence-corrected chi connectivity index (χ4v) is 5.90. The highest BCUT2D eigenvalue weighted by Gasteiger charge is 2.35. The van der Waals surface area contributed by atoms with Crippen molar-refractivity contribution in [3.05, 3.63) is 30.3 Å². The maximum absolute atomic E-state index is 12.9. The van der Waals surface area contributed by atoms with E-state index < -0.39 is 10.0 Å². The van der Waals surface area contributed by atoms with Gasteiger partial charge in [0.15, 0.2) is 0 Å². The van der Waals surface area contributed by atoms with Crippen molar-refractivity contribution < 1.29 is 13.2 Å². The predicted octanol–water partition coefficient (Wildman–Crippen LogP) is 3.81. The van der Waals surface area contributed by atoms with E-state index in [9.17, 15) is 13.2 Å². The van der Waals surface area contributed by atoms with Crippen LogP contribution < -0.4 is 4.72 Å². The van der Waals surface area contributed by atoms with Crippen LogP contribution in [0, 0.1) is 17.3 Å². The fourth-order valence-electron chi connectivity index (χ4n) is 4.57. The average Bonchev–Trinajstić information content (AvgIpc) is 2.68. The number of nitrogens with one attached hydrogen (secondary N) is 1. The molecule has 28 heavy (non-hydrogen) atoms. The molecule has 1 aliphatic carbocycles. The van der Waals surface area contributed by atoms with Gasteiger partial charge in [0.25, 0.3) is 0 Å². The Labute approximate surface area is 169 Å². The van der Waals surface area contributed by atoms with Crippen LogP contribution in [0.4, 0.5) is 0 Å². The standard InChI is InChI=1S/C22H34N2O3S/c1-22(2,3)18-11-9-17(10-12-18)21(25)24-15-13-19(14-16-24)23-28(26,27)20-7-5-4-6-8-20/h4-8,17-19,23H,9-16H2,1-3H3. The Kier molecular flexibility index (Phi) is 6.50. The average molecular weight is 407 g/mol. The molecule has 1 aliphatic heterocycles. The normalized spacial score (nSPS) is 24.9. The predicted molar refractivity (Wildman–Crippen MR) is 111 cm³/mol. The van der Waals surface area contributed by atoms with Crippen LogP contribution in [0.5, 0.6) is 0 Å². The number of piperidine rings is 1. The SMILES string of the molecule is CC(C)(C)C1CCC(C(=O)N2CCC(NS(=O)(=O)c3ccccc3)CC2)CC1. The minimum absolute atomic E-state index is 0.106. The van der Waals surface area contributed by atoms with Crippen molar-refractivity contribution in [3.8, 4) is 0 Å². The second kappa shape index (κ2) is 8.54. The zero-order valence-corrected chi connectivity index (χ0v) is 18.2. The number of hydrogen-bond acceptors (Lipinski definition) is 3. The van der Waals surface area contributed by atoms with Crippen molar-refractivity contribution in [2.24, 2.45) is 17.3 Å². The summed E-state index contributed by atoms with van der Waals surface area (Å²) < 4.78 is 27.8. The molecule has 1 amide bonds. The molecule has 1 aromatic carbocycles. The molecule has 6 heteroatoms. The number of carbonyl (C=O) groups excluding carboxylic acids is 1. The van der Waals surface area contributed by atoms with Gasteiger partial charge >= 0.3 is 0 Å². The topological polar surface area (TPSA) is 66.5 Å². The maximum atomic E-state index is 12.9. The lowest BCUT2D eigenvalue weighted by atomic mass is 9.69. The molecule has 0 aromatic heterocycles. The Bertz CT molecular complexity index is 755. The minimum atomic E-state index is -3.49. The minimum Gasteiger partial charge on any atom is -0.342 e. The van der Waals surface area contributed by atoms with Crippen LogP contribution >= 0.6 is 0 Å². The zero-order valence-electron chi connectivity index (χ0n) is 17.4. The van der Waals surface area contributed by atoms with Gasteiger partial charge in [-0.25, -0.2) is 13.1 Å². The molecule has 2 aliphatic rings. The quantitative estimate of drug-likeness (QED) is 0.827. The van der Waals surface area contributed by atoms with Gasteiger partial charge in [-0.3, -0.25) is 4.79 Å². The summed E-state index contributed by atoms with van der Waals surface area (Å²) >= 11 is 0. The van der Waals surface area contributed by atoms with Gasteiger partial charge in [0.2, 0.25) is 15.9 Å². The number of benzene rings is 1. The molecule has 1 N–H and O–H groups in total. The van der Waals surface area contributed by atoms with Crippen molar-refractivity contribution >= 4 is 15.9 Å². The third kappa shape index (κ3) is 5.15. The van der Waals surface area contributed by atoms with Crippen LogP contribution in [-0.4, -0.2) is 38.4 Å². The number of sulfonamides is 1. The maximum Gasteiger partial charge on any atom is 0.240 e. The Hall–Kier alpha value is -1.40. The highest BCUT2D eigenvalue weighted by atomic mass is 32.2. The summed E-state index contributed by atoms with van der Waals surface area (Å²) in [6.45, 7) is 8.16. The van der Waals surface area contributed by atoms with Gasteiger partial charge in [-0.05, 0) is 62.0 Å². The number of carbonyl (C=O) groups is 1. The lowest BCUT2D eigenvalue weighted by Crippen LogP contribution is -2.48. The van der Waals surface area contributed by atoms with Gasteiger partial charge in [0.05, 0.1) is 4.90 Å². The molecule has 0 spiro atoms. The molecule has 3 rings (SSSR count). The monoisotopic (exact) mass is 406 g/mol. The molecular weight excluding hydrogens is 372 g/mol. The summed E-state index contributed by atoms with van der Waals surface area (Å²) in [5, 5.41) is 0. The smallest absolute Gasteiger partial charge is 0.240 e. The third-order valence-electron chi connectivity index (χ3n) is 6.48. The molecule has 1 aromatic rings. The molecule has 1 saturated carbocycles. The number of amides is 1. The van der Waals surface area contributed by atoms with E-state index in [1.54, 1.807) is 30.3 Å². The number of hydrogen-bond donors (Lipinski definition) is 1. The largest absolute Gasteiger partial charge is 0.342 e. The van der Waals surface area contributed by atoms with E-state index >= 15 is 0 Å². The summed E-state index contributed by atoms with van der Waals surface area (Å²) in [5.74, 6) is 1.13. The lowest BCUT2D eigenvalue weighted by molar-refractivity contribution is -0.138. The molecule has 0 bridgehead atoms. The van der Waals surface area contributed by atoms with Gasteiger partial charge in [-0.2, -0.15) is 0 Å². The van der Waals surface area contributed by atoms with E-state index in [2.05, 4.69) is 25.5 Å². The van der Waals surface area contributed by atoms with Crippen molar-refractivity contribution in [2.75, 3.05) is 13.1 Å². The van der Waals surface area contributed by atoms with E-state index in [0.29, 0.717) is 42.2 Å². The first-order chi connectivity index (χ1) is 13.2. The van der Waals surface area contributed by atoms with E-state index in [0.717, 1.165) is 25.7 Å². The van der Waals surface area contributed by atoms with Crippen LogP contribution in [0.2, 0.25) is 0 Å². The summed E-state index contributed by atoms with van der Waals surface area (Å²) in [5.41, 5.74) is 0.322. The van der Waals surface area contributed by atoms with Crippen LogP contribution in [0.3, 0.4) is 0 Å². The van der Waals surface area contributed by atoms with E-state index in [4.69, 9.17) is 0 Å². The van der Waals surface area contributed by atoms with Crippen LogP contribution in [0.15, 0.2) is 35.2 Å². The molecule has 2 fully saturated rings. The van der Waals surface area contributed by atoms with Crippen molar-refractivity contribution in [1.82, 2.24) is 9.62 Å². The Morgan fingerprint density at radius 2 is 1.54 bits per heavy atom.